The summed E-state index contributed by atoms with van der Waals surface area (Å²) in [5, 5.41) is 6.32. The van der Waals surface area contributed by atoms with Gasteiger partial charge in [-0.2, -0.15) is 0 Å². The Morgan fingerprint density at radius 3 is 2.85 bits per heavy atom. The fraction of sp³-hybridized carbons (Fsp3) is 0.278. The Labute approximate surface area is 160 Å². The van der Waals surface area contributed by atoms with Gasteiger partial charge in [0.2, 0.25) is 5.91 Å². The predicted molar refractivity (Wildman–Crippen MR) is 106 cm³/mol. The van der Waals surface area contributed by atoms with Gasteiger partial charge in [-0.25, -0.2) is 9.97 Å². The van der Waals surface area contributed by atoms with Crippen LogP contribution in [0, 0.1) is 0 Å². The number of hydrogen-bond donors (Lipinski definition) is 1. The molecule has 0 fully saturated rings. The van der Waals surface area contributed by atoms with E-state index in [1.807, 2.05) is 54.4 Å². The third-order valence-corrected chi connectivity index (χ3v) is 5.37. The number of nitrogens with zero attached hydrogens (tertiary/aromatic N) is 3. The highest BCUT2D eigenvalue weighted by atomic mass is 32.2. The molecular formula is C18H20N4O2S2. The minimum atomic E-state index is -0.0423. The third-order valence-electron chi connectivity index (χ3n) is 3.55. The number of thiazole rings is 1. The maximum absolute atomic E-state index is 12.1. The van der Waals surface area contributed by atoms with Gasteiger partial charge in [-0.05, 0) is 31.2 Å². The smallest absolute Gasteiger partial charge is 0.226 e. The summed E-state index contributed by atoms with van der Waals surface area (Å²) in [5.74, 6) is 1.47. The van der Waals surface area contributed by atoms with Gasteiger partial charge in [-0.3, -0.25) is 4.79 Å². The van der Waals surface area contributed by atoms with Crippen molar-refractivity contribution in [1.82, 2.24) is 14.5 Å². The molecule has 0 spiro atoms. The zero-order valence-corrected chi connectivity index (χ0v) is 16.3. The summed E-state index contributed by atoms with van der Waals surface area (Å²) in [4.78, 5) is 20.8. The van der Waals surface area contributed by atoms with Crippen molar-refractivity contribution in [2.75, 3.05) is 17.7 Å². The summed E-state index contributed by atoms with van der Waals surface area (Å²) in [7, 11) is 1.94. The average Bonchev–Trinajstić information content (AvgIpc) is 3.25. The van der Waals surface area contributed by atoms with Gasteiger partial charge in [0.1, 0.15) is 5.75 Å². The SMILES string of the molecule is CCOc1ccc(-c2csc(NC(=O)CCSc3nccn3C)n2)cc1. The number of aromatic nitrogens is 3. The Balaban J connectivity index is 1.51. The van der Waals surface area contributed by atoms with Crippen molar-refractivity contribution in [1.29, 1.82) is 0 Å². The van der Waals surface area contributed by atoms with Crippen LogP contribution in [0.4, 0.5) is 5.13 Å². The van der Waals surface area contributed by atoms with Crippen LogP contribution in [0.1, 0.15) is 13.3 Å². The van der Waals surface area contributed by atoms with Crippen molar-refractivity contribution in [2.24, 2.45) is 7.05 Å². The number of thioether (sulfide) groups is 1. The number of imidazole rings is 1. The van der Waals surface area contributed by atoms with E-state index >= 15 is 0 Å². The van der Waals surface area contributed by atoms with Crippen molar-refractivity contribution < 1.29 is 9.53 Å². The number of amides is 1. The highest BCUT2D eigenvalue weighted by molar-refractivity contribution is 7.99. The van der Waals surface area contributed by atoms with Crippen molar-refractivity contribution >= 4 is 34.1 Å². The van der Waals surface area contributed by atoms with Gasteiger partial charge in [-0.1, -0.05) is 11.8 Å². The van der Waals surface area contributed by atoms with Crippen LogP contribution in [0.3, 0.4) is 0 Å². The fourth-order valence-corrected chi connectivity index (χ4v) is 3.87. The van der Waals surface area contributed by atoms with Gasteiger partial charge in [0, 0.05) is 42.6 Å². The molecule has 0 radical (unpaired) electrons. The zero-order valence-electron chi connectivity index (χ0n) is 14.6. The van der Waals surface area contributed by atoms with Crippen molar-refractivity contribution in [2.45, 2.75) is 18.5 Å². The minimum absolute atomic E-state index is 0.0423. The Hall–Kier alpha value is -2.32. The number of hydrogen-bond acceptors (Lipinski definition) is 6. The second kappa shape index (κ2) is 8.86. The molecule has 0 atom stereocenters. The summed E-state index contributed by atoms with van der Waals surface area (Å²) in [5.41, 5.74) is 1.84. The molecule has 1 amide bonds. The van der Waals surface area contributed by atoms with E-state index < -0.39 is 0 Å². The first kappa shape index (κ1) is 18.5. The molecular weight excluding hydrogens is 368 g/mol. The Morgan fingerprint density at radius 2 is 2.15 bits per heavy atom. The molecule has 26 heavy (non-hydrogen) atoms. The predicted octanol–water partition coefficient (Wildman–Crippen LogP) is 4.06. The molecule has 2 aromatic heterocycles. The number of carbonyl (C=O) groups is 1. The third kappa shape index (κ3) is 4.86. The molecule has 3 aromatic rings. The van der Waals surface area contributed by atoms with Crippen LogP contribution in [-0.2, 0) is 11.8 Å². The summed E-state index contributed by atoms with van der Waals surface area (Å²) in [6, 6.07) is 7.78. The molecule has 8 heteroatoms. The molecule has 6 nitrogen and oxygen atoms in total. The van der Waals surface area contributed by atoms with Gasteiger partial charge in [0.05, 0.1) is 12.3 Å². The van der Waals surface area contributed by atoms with Crippen molar-refractivity contribution in [3.8, 4) is 17.0 Å². The van der Waals surface area contributed by atoms with Crippen LogP contribution in [0.15, 0.2) is 47.2 Å². The fourth-order valence-electron chi connectivity index (χ4n) is 2.26. The first-order valence-corrected chi connectivity index (χ1v) is 10.1. The number of nitrogens with one attached hydrogen (secondary N) is 1. The Kier molecular flexibility index (Phi) is 6.30. The minimum Gasteiger partial charge on any atom is -0.494 e. The lowest BCUT2D eigenvalue weighted by atomic mass is 10.2. The molecule has 0 unspecified atom stereocenters. The number of rotatable bonds is 8. The van der Waals surface area contributed by atoms with E-state index in [1.165, 1.54) is 11.3 Å². The molecule has 0 saturated heterocycles. The van der Waals surface area contributed by atoms with E-state index in [2.05, 4.69) is 15.3 Å². The summed E-state index contributed by atoms with van der Waals surface area (Å²) in [6.45, 7) is 2.60. The molecule has 1 N–H and O–H groups in total. The molecule has 1 aromatic carbocycles. The highest BCUT2D eigenvalue weighted by Gasteiger charge is 2.09. The van der Waals surface area contributed by atoms with Gasteiger partial charge in [0.25, 0.3) is 0 Å². The highest BCUT2D eigenvalue weighted by Crippen LogP contribution is 2.26. The average molecular weight is 389 g/mol. The molecule has 136 valence electrons. The maximum Gasteiger partial charge on any atom is 0.226 e. The number of anilines is 1. The van der Waals surface area contributed by atoms with E-state index in [1.54, 1.807) is 18.0 Å². The molecule has 3 rings (SSSR count). The lowest BCUT2D eigenvalue weighted by Gasteiger charge is -2.03. The summed E-state index contributed by atoms with van der Waals surface area (Å²) in [6.07, 6.45) is 4.05. The second-order valence-corrected chi connectivity index (χ2v) is 7.38. The molecule has 0 aliphatic heterocycles. The van der Waals surface area contributed by atoms with Gasteiger partial charge in [-0.15, -0.1) is 11.3 Å². The van der Waals surface area contributed by atoms with E-state index in [-0.39, 0.29) is 5.91 Å². The first-order valence-electron chi connectivity index (χ1n) is 8.24. The molecule has 0 aliphatic rings. The second-order valence-electron chi connectivity index (χ2n) is 5.46. The molecule has 2 heterocycles. The summed E-state index contributed by atoms with van der Waals surface area (Å²) >= 11 is 2.99. The monoisotopic (exact) mass is 388 g/mol. The number of ether oxygens (including phenoxy) is 1. The van der Waals surface area contributed by atoms with Gasteiger partial charge in [0.15, 0.2) is 10.3 Å². The van der Waals surface area contributed by atoms with Crippen LogP contribution in [0.25, 0.3) is 11.3 Å². The van der Waals surface area contributed by atoms with Crippen LogP contribution in [0.5, 0.6) is 5.75 Å². The zero-order chi connectivity index (χ0) is 18.4. The lowest BCUT2D eigenvalue weighted by molar-refractivity contribution is -0.115. The normalized spacial score (nSPS) is 10.7. The quantitative estimate of drug-likeness (QED) is 0.589. The number of aryl methyl sites for hydroxylation is 1. The number of benzene rings is 1. The molecule has 0 aliphatic carbocycles. The summed E-state index contributed by atoms with van der Waals surface area (Å²) < 4.78 is 7.38. The van der Waals surface area contributed by atoms with E-state index in [9.17, 15) is 4.79 Å². The van der Waals surface area contributed by atoms with Gasteiger partial charge >= 0.3 is 0 Å². The van der Waals surface area contributed by atoms with Crippen LogP contribution >= 0.6 is 23.1 Å². The van der Waals surface area contributed by atoms with Crippen LogP contribution in [-0.4, -0.2) is 32.8 Å². The van der Waals surface area contributed by atoms with E-state index in [0.29, 0.717) is 23.9 Å². The molecule has 0 bridgehead atoms. The van der Waals surface area contributed by atoms with Crippen LogP contribution < -0.4 is 10.1 Å². The van der Waals surface area contributed by atoms with E-state index in [4.69, 9.17) is 4.74 Å². The Morgan fingerprint density at radius 1 is 1.35 bits per heavy atom. The Bertz CT molecular complexity index is 858. The standard InChI is InChI=1S/C18H20N4O2S2/c1-3-24-14-6-4-13(5-7-14)15-12-26-17(20-15)21-16(23)8-11-25-18-19-9-10-22(18)2/h4-7,9-10,12H,3,8,11H2,1-2H3,(H,20,21,23). The number of carbonyl (C=O) groups excluding carboxylic acids is 1. The van der Waals surface area contributed by atoms with Crippen molar-refractivity contribution in [3.63, 3.8) is 0 Å². The van der Waals surface area contributed by atoms with Gasteiger partial charge < -0.3 is 14.6 Å². The van der Waals surface area contributed by atoms with E-state index in [0.717, 1.165) is 22.2 Å². The lowest BCUT2D eigenvalue weighted by Crippen LogP contribution is -2.12. The largest absolute Gasteiger partial charge is 0.494 e. The first-order chi connectivity index (χ1) is 12.7. The van der Waals surface area contributed by atoms with Crippen LogP contribution in [0.2, 0.25) is 0 Å². The van der Waals surface area contributed by atoms with Crippen molar-refractivity contribution in [3.05, 3.63) is 42.0 Å². The topological polar surface area (TPSA) is 69.0 Å². The molecule has 0 saturated carbocycles. The maximum atomic E-state index is 12.1.